The Kier molecular flexibility index (Phi) is 14.0. The van der Waals surface area contributed by atoms with Gasteiger partial charge >= 0.3 is 0 Å². The molecule has 0 aromatic carbocycles. The smallest absolute Gasteiger partial charge is 0 e. The number of hydrogen-bond donors (Lipinski definition) is 1. The molecule has 0 amide bonds. The molecule has 0 saturated heterocycles. The van der Waals surface area contributed by atoms with Crippen molar-refractivity contribution in [1.82, 2.24) is 0 Å². The average Bonchev–Trinajstić information content (AvgIpc) is 1.41. The molecule has 0 unspecified atom stereocenters. The number of hydrogen-bond acceptors (Lipinski definition) is 4. The van der Waals surface area contributed by atoms with Crippen LogP contribution in [0.15, 0.2) is 0 Å². The molecule has 0 aliphatic carbocycles. The van der Waals surface area contributed by atoms with Gasteiger partial charge in [-0.15, -0.1) is 0 Å². The van der Waals surface area contributed by atoms with E-state index >= 15 is 0 Å². The van der Waals surface area contributed by atoms with Gasteiger partial charge in [-0.1, -0.05) is 5.04 Å². The van der Waals surface area contributed by atoms with Crippen molar-refractivity contribution in [3.63, 3.8) is 0 Å². The van der Waals surface area contributed by atoms with Crippen LogP contribution in [0.1, 0.15) is 0 Å². The summed E-state index contributed by atoms with van der Waals surface area (Å²) >= 11 is 0. The maximum atomic E-state index is 8.77. The van der Waals surface area contributed by atoms with E-state index in [0.717, 1.165) is 6.47 Å². The Labute approximate surface area is 47.6 Å². The normalized spacial score (nSPS) is 5.50. The molecule has 0 heterocycles. The molecule has 1 N–H and O–H groups in total. The van der Waals surface area contributed by atoms with Crippen LogP contribution in [0.5, 0.6) is 0 Å². The zero-order valence-electron chi connectivity index (χ0n) is 2.55. The zero-order valence-corrected chi connectivity index (χ0v) is 5.27. The Hall–Kier alpha value is 0.0523. The molecule has 1 radical (unpaired) electrons. The predicted octanol–water partition coefficient (Wildman–Crippen LogP) is -0.528. The Morgan fingerprint density at radius 3 is 2.17 bits per heavy atom. The number of rotatable bonds is 2. The monoisotopic (exact) mass is 264 g/mol. The van der Waals surface area contributed by atoms with Crippen molar-refractivity contribution >= 4 is 6.47 Å². The van der Waals surface area contributed by atoms with Crippen LogP contribution in [-0.2, 0) is 35.1 Å². The standard InChI is InChI=1S/CHO4.Re/c2-1-4-5-3;/h3H;/q-1;. The van der Waals surface area contributed by atoms with Gasteiger partial charge in [-0.3, -0.25) is 0 Å². The largest absolute Gasteiger partial charge is 0.495 e. The molecule has 0 atom stereocenters. The second-order valence-corrected chi connectivity index (χ2v) is 0.241. The third kappa shape index (κ3) is 8.96. The van der Waals surface area contributed by atoms with Gasteiger partial charge in [0.15, 0.2) is 0 Å². The minimum Gasteiger partial charge on any atom is -0.495 e. The van der Waals surface area contributed by atoms with Crippen molar-refractivity contribution in [3.05, 3.63) is 0 Å². The van der Waals surface area contributed by atoms with Crippen molar-refractivity contribution in [2.45, 2.75) is 0 Å². The van der Waals surface area contributed by atoms with E-state index in [-0.39, 0.29) is 20.4 Å². The summed E-state index contributed by atoms with van der Waals surface area (Å²) in [5, 5.41) is 9.85. The van der Waals surface area contributed by atoms with E-state index in [9.17, 15) is 0 Å². The van der Waals surface area contributed by atoms with Crippen LogP contribution in [-0.4, -0.2) is 11.7 Å². The van der Waals surface area contributed by atoms with E-state index in [4.69, 9.17) is 10.1 Å². The van der Waals surface area contributed by atoms with E-state index in [1.54, 1.807) is 0 Å². The summed E-state index contributed by atoms with van der Waals surface area (Å²) in [6.45, 7) is 0.795. The molecule has 0 aliphatic rings. The number of carbonyl (C=O) groups excluding carboxylic acids is 1. The van der Waals surface area contributed by atoms with Gasteiger partial charge in [0.2, 0.25) is 0 Å². The van der Waals surface area contributed by atoms with E-state index in [0.29, 0.717) is 0 Å². The Morgan fingerprint density at radius 2 is 2.17 bits per heavy atom. The fourth-order valence-corrected chi connectivity index (χ4v) is 0.0152. The summed E-state index contributed by atoms with van der Waals surface area (Å²) in [6, 6.07) is 0. The molecule has 0 spiro atoms. The van der Waals surface area contributed by atoms with Crippen LogP contribution >= 0.6 is 0 Å². The first-order chi connectivity index (χ1) is 2.41. The van der Waals surface area contributed by atoms with Gasteiger partial charge in [0.1, 0.15) is 0 Å². The molecule has 6 heavy (non-hydrogen) atoms. The van der Waals surface area contributed by atoms with E-state index in [1.807, 2.05) is 0 Å². The average molecular weight is 263 g/mol. The third-order valence-electron chi connectivity index (χ3n) is 0.0713. The van der Waals surface area contributed by atoms with Crippen molar-refractivity contribution < 1.29 is 40.4 Å². The first-order valence-corrected chi connectivity index (χ1v) is 0.757. The third-order valence-corrected chi connectivity index (χ3v) is 0.0713. The first kappa shape index (κ1) is 9.41. The predicted molar refractivity (Wildman–Crippen MR) is 10.5 cm³/mol. The molecule has 0 saturated carbocycles. The van der Waals surface area contributed by atoms with Gasteiger partial charge < -0.3 is 9.68 Å². The van der Waals surface area contributed by atoms with Crippen LogP contribution in [0.25, 0.3) is 0 Å². The van der Waals surface area contributed by atoms with Gasteiger partial charge in [0.25, 0.3) is 0 Å². The second kappa shape index (κ2) is 8.91. The van der Waals surface area contributed by atoms with Crippen LogP contribution < -0.4 is 0 Å². The van der Waals surface area contributed by atoms with Crippen LogP contribution in [0.2, 0.25) is 0 Å². The van der Waals surface area contributed by atoms with Crippen molar-refractivity contribution in [2.75, 3.05) is 0 Å². The molecule has 0 bridgehead atoms. The summed E-state index contributed by atoms with van der Waals surface area (Å²) in [4.78, 5) is 11.9. The van der Waals surface area contributed by atoms with Crippen molar-refractivity contribution in [1.29, 1.82) is 0 Å². The molecule has 0 aliphatic heterocycles. The topological polar surface area (TPSA) is 55.8 Å². The summed E-state index contributed by atoms with van der Waals surface area (Å²) < 4.78 is 0. The minimum absolute atomic E-state index is 0. The second-order valence-electron chi connectivity index (χ2n) is 0.241. The summed E-state index contributed by atoms with van der Waals surface area (Å²) in [5.74, 6) is 0. The Morgan fingerprint density at radius 1 is 1.67 bits per heavy atom. The summed E-state index contributed by atoms with van der Waals surface area (Å²) in [7, 11) is 0. The van der Waals surface area contributed by atoms with Gasteiger partial charge in [-0.05, 0) is 6.47 Å². The van der Waals surface area contributed by atoms with Gasteiger partial charge in [-0.2, -0.15) is 0 Å². The van der Waals surface area contributed by atoms with E-state index < -0.39 is 0 Å². The fourth-order valence-electron chi connectivity index (χ4n) is 0.0152. The fraction of sp³-hybridized carbons (Fsp3) is 0. The molecule has 0 aromatic heterocycles. The van der Waals surface area contributed by atoms with Crippen LogP contribution in [0.4, 0.5) is 0 Å². The van der Waals surface area contributed by atoms with Gasteiger partial charge in [-0.25, -0.2) is 5.26 Å². The molecule has 4 nitrogen and oxygen atoms in total. The van der Waals surface area contributed by atoms with Crippen LogP contribution in [0.3, 0.4) is 0 Å². The first-order valence-electron chi connectivity index (χ1n) is 0.757. The molecule has 0 aromatic rings. The summed E-state index contributed by atoms with van der Waals surface area (Å²) in [6.07, 6.45) is 0. The maximum Gasteiger partial charge on any atom is 0 e. The molecule has 37 valence electrons. The van der Waals surface area contributed by atoms with Crippen LogP contribution in [0, 0.1) is 0 Å². The van der Waals surface area contributed by atoms with Gasteiger partial charge in [0, 0.05) is 20.4 Å². The molecular weight excluding hydrogens is 262 g/mol. The maximum absolute atomic E-state index is 8.77. The quantitative estimate of drug-likeness (QED) is 0.413. The molecule has 0 rings (SSSR count). The SMILES string of the molecule is O=[C-]OOO.[Re]. The minimum atomic E-state index is 0. The van der Waals surface area contributed by atoms with Crippen molar-refractivity contribution in [3.8, 4) is 0 Å². The molecular formula is CHO4Re-. The van der Waals surface area contributed by atoms with Crippen molar-refractivity contribution in [2.24, 2.45) is 0 Å². The zero-order chi connectivity index (χ0) is 4.12. The molecule has 0 fully saturated rings. The van der Waals surface area contributed by atoms with E-state index in [1.165, 1.54) is 0 Å². The Balaban J connectivity index is 0. The van der Waals surface area contributed by atoms with Gasteiger partial charge in [0.05, 0.1) is 0 Å². The Bertz CT molecular complexity index is 28.7. The molecule has 5 heteroatoms. The summed E-state index contributed by atoms with van der Waals surface area (Å²) in [5.41, 5.74) is 0. The van der Waals surface area contributed by atoms with E-state index in [2.05, 4.69) is 9.93 Å².